The van der Waals surface area contributed by atoms with E-state index >= 15 is 0 Å². The first-order valence-corrected chi connectivity index (χ1v) is 12.7. The van der Waals surface area contributed by atoms with Gasteiger partial charge in [-0.1, -0.05) is 0 Å². The SMILES string of the molecule is CCOC(=O)Nc1cc(C)cc(CI2N=C(c3cccc([N+](=O)[O-])c3)C=CC2=O)c1. The molecule has 0 saturated carbocycles. The predicted molar refractivity (Wildman–Crippen MR) is 123 cm³/mol. The van der Waals surface area contributed by atoms with Gasteiger partial charge in [0.1, 0.15) is 0 Å². The third kappa shape index (κ3) is 5.50. The predicted octanol–water partition coefficient (Wildman–Crippen LogP) is 4.98. The molecule has 0 atom stereocenters. The number of aryl methyl sites for hydroxylation is 1. The van der Waals surface area contributed by atoms with Crippen LogP contribution in [0.3, 0.4) is 0 Å². The van der Waals surface area contributed by atoms with Gasteiger partial charge in [0.05, 0.1) is 0 Å². The van der Waals surface area contributed by atoms with E-state index in [1.165, 1.54) is 18.2 Å². The van der Waals surface area contributed by atoms with Gasteiger partial charge in [-0.2, -0.15) is 0 Å². The van der Waals surface area contributed by atoms with E-state index in [0.29, 0.717) is 21.4 Å². The Balaban J connectivity index is 1.83. The average Bonchev–Trinajstić information content (AvgIpc) is 2.69. The van der Waals surface area contributed by atoms with Gasteiger partial charge in [0.2, 0.25) is 0 Å². The van der Waals surface area contributed by atoms with Crippen LogP contribution < -0.4 is 5.32 Å². The van der Waals surface area contributed by atoms with Crippen molar-refractivity contribution in [1.82, 2.24) is 0 Å². The van der Waals surface area contributed by atoms with Gasteiger partial charge in [0.15, 0.2) is 0 Å². The molecular formula is C21H20IN3O5. The molecule has 30 heavy (non-hydrogen) atoms. The van der Waals surface area contributed by atoms with Gasteiger partial charge in [-0.25, -0.2) is 0 Å². The number of halogens is 1. The molecule has 2 aromatic rings. The normalized spacial score (nSPS) is 14.3. The number of non-ortho nitro benzene ring substituents is 1. The number of benzene rings is 2. The second-order valence-corrected chi connectivity index (χ2v) is 10.7. The van der Waals surface area contributed by atoms with E-state index in [2.05, 4.69) is 8.52 Å². The van der Waals surface area contributed by atoms with Gasteiger partial charge < -0.3 is 0 Å². The Bertz CT molecular complexity index is 1060. The van der Waals surface area contributed by atoms with E-state index in [-0.39, 0.29) is 16.1 Å². The van der Waals surface area contributed by atoms with E-state index in [9.17, 15) is 19.7 Å². The standard InChI is InChI=1S/C21H20IN3O5/c1-3-30-21(27)23-17-10-14(2)9-15(11-17)13-22-20(26)8-7-19(24-22)16-5-4-6-18(12-16)25(28)29/h4-12H,3,13H2,1-2H3,(H,23,27). The number of carbonyl (C=O) groups is 2. The summed E-state index contributed by atoms with van der Waals surface area (Å²) >= 11 is -2.46. The molecule has 1 aliphatic heterocycles. The number of anilines is 1. The zero-order chi connectivity index (χ0) is 21.7. The minimum atomic E-state index is -2.46. The fourth-order valence-corrected chi connectivity index (χ4v) is 6.58. The van der Waals surface area contributed by atoms with E-state index < -0.39 is 31.1 Å². The van der Waals surface area contributed by atoms with E-state index in [0.717, 1.165) is 11.1 Å². The third-order valence-electron chi connectivity index (χ3n) is 4.07. The van der Waals surface area contributed by atoms with E-state index in [4.69, 9.17) is 4.74 Å². The molecule has 0 fully saturated rings. The van der Waals surface area contributed by atoms with Crippen molar-refractivity contribution >= 4 is 47.1 Å². The van der Waals surface area contributed by atoms with Gasteiger partial charge in [-0.05, 0) is 0 Å². The van der Waals surface area contributed by atoms with Gasteiger partial charge in [0.25, 0.3) is 0 Å². The van der Waals surface area contributed by atoms with Gasteiger partial charge >= 0.3 is 181 Å². The van der Waals surface area contributed by atoms with E-state index in [1.54, 1.807) is 25.1 Å². The summed E-state index contributed by atoms with van der Waals surface area (Å²) in [4.78, 5) is 34.7. The number of hydrogen-bond acceptors (Lipinski definition) is 6. The first kappa shape index (κ1) is 21.6. The number of carbonyl (C=O) groups excluding carboxylic acids is 2. The molecule has 3 rings (SSSR count). The number of hydrogen-bond donors (Lipinski definition) is 1. The monoisotopic (exact) mass is 521 g/mol. The second kappa shape index (κ2) is 9.61. The molecule has 0 spiro atoms. The number of nitro groups is 1. The summed E-state index contributed by atoms with van der Waals surface area (Å²) in [6.07, 6.45) is 2.59. The van der Waals surface area contributed by atoms with Crippen LogP contribution in [0.1, 0.15) is 23.6 Å². The van der Waals surface area contributed by atoms with Crippen molar-refractivity contribution in [3.8, 4) is 0 Å². The number of rotatable bonds is 6. The first-order chi connectivity index (χ1) is 14.4. The fourth-order valence-electron chi connectivity index (χ4n) is 2.86. The first-order valence-electron chi connectivity index (χ1n) is 9.11. The van der Waals surface area contributed by atoms with Crippen molar-refractivity contribution < 1.29 is 19.2 Å². The van der Waals surface area contributed by atoms with E-state index in [1.807, 2.05) is 25.1 Å². The molecule has 1 amide bonds. The van der Waals surface area contributed by atoms with Crippen LogP contribution in [0.4, 0.5) is 16.2 Å². The van der Waals surface area contributed by atoms with Crippen LogP contribution in [0.25, 0.3) is 0 Å². The summed E-state index contributed by atoms with van der Waals surface area (Å²) in [5, 5.41) is 13.7. The molecule has 1 aliphatic rings. The summed E-state index contributed by atoms with van der Waals surface area (Å²) in [5.74, 6) is 0. The van der Waals surface area contributed by atoms with Crippen molar-refractivity contribution in [1.29, 1.82) is 0 Å². The zero-order valence-corrected chi connectivity index (χ0v) is 18.6. The van der Waals surface area contributed by atoms with Gasteiger partial charge in [-0.3, -0.25) is 0 Å². The van der Waals surface area contributed by atoms with Crippen LogP contribution in [0.2, 0.25) is 0 Å². The quantitative estimate of drug-likeness (QED) is 0.190. The summed E-state index contributed by atoms with van der Waals surface area (Å²) in [5.41, 5.74) is 3.62. The number of nitrogens with one attached hydrogen (secondary N) is 1. The van der Waals surface area contributed by atoms with Crippen molar-refractivity contribution in [3.05, 3.63) is 81.4 Å². The molecule has 1 heterocycles. The maximum atomic E-state index is 12.5. The summed E-state index contributed by atoms with van der Waals surface area (Å²) in [6, 6.07) is 11.8. The maximum absolute atomic E-state index is 12.5. The summed E-state index contributed by atoms with van der Waals surface area (Å²) in [6.45, 7) is 3.91. The molecular weight excluding hydrogens is 501 g/mol. The van der Waals surface area contributed by atoms with Crippen LogP contribution >= 0.6 is 20.1 Å². The number of allylic oxidation sites excluding steroid dienone is 2. The summed E-state index contributed by atoms with van der Waals surface area (Å²) < 4.78 is 10.1. The van der Waals surface area contributed by atoms with Crippen LogP contribution in [-0.2, 0) is 14.0 Å². The Morgan fingerprint density at radius 3 is 2.77 bits per heavy atom. The van der Waals surface area contributed by atoms with Crippen molar-refractivity contribution in [2.75, 3.05) is 11.9 Å². The van der Waals surface area contributed by atoms with Crippen LogP contribution in [0.15, 0.2) is 57.8 Å². The number of nitrogens with zero attached hydrogens (tertiary/aromatic N) is 2. The zero-order valence-electron chi connectivity index (χ0n) is 16.4. The number of alkyl halides is 1. The van der Waals surface area contributed by atoms with Crippen LogP contribution in [-0.4, -0.2) is 27.1 Å². The van der Waals surface area contributed by atoms with Crippen LogP contribution in [0, 0.1) is 17.0 Å². The molecule has 0 unspecified atom stereocenters. The minimum absolute atomic E-state index is 0.00906. The molecule has 0 aromatic heterocycles. The Labute approximate surface area is 180 Å². The Kier molecular flexibility index (Phi) is 6.93. The van der Waals surface area contributed by atoms with Crippen molar-refractivity contribution in [3.63, 3.8) is 0 Å². The van der Waals surface area contributed by atoms with Crippen molar-refractivity contribution in [2.45, 2.75) is 18.3 Å². The van der Waals surface area contributed by atoms with Crippen LogP contribution in [0.5, 0.6) is 0 Å². The molecule has 0 bridgehead atoms. The second-order valence-electron chi connectivity index (χ2n) is 6.44. The third-order valence-corrected chi connectivity index (χ3v) is 8.37. The molecule has 1 N–H and O–H groups in total. The molecule has 0 radical (unpaired) electrons. The Morgan fingerprint density at radius 1 is 1.23 bits per heavy atom. The molecule has 9 heteroatoms. The topological polar surface area (TPSA) is 111 Å². The molecule has 8 nitrogen and oxygen atoms in total. The van der Waals surface area contributed by atoms with Gasteiger partial charge in [0, 0.05) is 0 Å². The Morgan fingerprint density at radius 2 is 2.03 bits per heavy atom. The molecule has 0 aliphatic carbocycles. The Hall–Kier alpha value is -3.08. The number of nitro benzene ring substituents is 1. The number of amides is 1. The number of ether oxygens (including phenoxy) is 1. The van der Waals surface area contributed by atoms with Gasteiger partial charge in [-0.15, -0.1) is 0 Å². The average molecular weight is 521 g/mol. The van der Waals surface area contributed by atoms with Crippen molar-refractivity contribution in [2.24, 2.45) is 3.21 Å². The molecule has 0 saturated heterocycles. The molecule has 2 aromatic carbocycles. The molecule has 156 valence electrons. The summed E-state index contributed by atoms with van der Waals surface area (Å²) in [7, 11) is 0. The fraction of sp³-hybridized carbons (Fsp3) is 0.190.